The molecule has 0 bridgehead atoms. The molecule has 0 aliphatic carbocycles. The van der Waals surface area contributed by atoms with Gasteiger partial charge in [-0.25, -0.2) is 0 Å². The van der Waals surface area contributed by atoms with E-state index in [1.54, 1.807) is 0 Å². The first-order chi connectivity index (χ1) is 9.47. The van der Waals surface area contributed by atoms with Gasteiger partial charge in [-0.1, -0.05) is 15.9 Å². The highest BCUT2D eigenvalue weighted by Crippen LogP contribution is 2.21. The van der Waals surface area contributed by atoms with Crippen molar-refractivity contribution in [3.8, 4) is 5.75 Å². The summed E-state index contributed by atoms with van der Waals surface area (Å²) in [7, 11) is 0. The Bertz CT molecular complexity index is 615. The SMILES string of the molecule is Cc1cc(Br)ccc1C(=O)c1ccc(OC(C)C)cc1. The maximum atomic E-state index is 12.5. The second kappa shape index (κ2) is 6.23. The van der Waals surface area contributed by atoms with E-state index in [0.29, 0.717) is 5.56 Å². The molecule has 2 aromatic rings. The van der Waals surface area contributed by atoms with E-state index in [2.05, 4.69) is 15.9 Å². The van der Waals surface area contributed by atoms with E-state index in [9.17, 15) is 4.79 Å². The molecule has 0 aromatic heterocycles. The highest BCUT2D eigenvalue weighted by molar-refractivity contribution is 9.10. The zero-order chi connectivity index (χ0) is 14.7. The minimum Gasteiger partial charge on any atom is -0.491 e. The molecule has 0 N–H and O–H groups in total. The summed E-state index contributed by atoms with van der Waals surface area (Å²) in [5.74, 6) is 0.815. The fourth-order valence-corrected chi connectivity index (χ4v) is 2.47. The number of aryl methyl sites for hydroxylation is 1. The summed E-state index contributed by atoms with van der Waals surface area (Å²) < 4.78 is 6.56. The lowest BCUT2D eigenvalue weighted by molar-refractivity contribution is 0.103. The number of benzene rings is 2. The fourth-order valence-electron chi connectivity index (χ4n) is 1.99. The summed E-state index contributed by atoms with van der Waals surface area (Å²) in [6, 6.07) is 13.0. The van der Waals surface area contributed by atoms with Gasteiger partial charge in [0.25, 0.3) is 0 Å². The van der Waals surface area contributed by atoms with Crippen LogP contribution in [0.15, 0.2) is 46.9 Å². The number of rotatable bonds is 4. The monoisotopic (exact) mass is 332 g/mol. The molecule has 0 aliphatic heterocycles. The van der Waals surface area contributed by atoms with Crippen LogP contribution >= 0.6 is 15.9 Å². The smallest absolute Gasteiger partial charge is 0.193 e. The van der Waals surface area contributed by atoms with Crippen LogP contribution in [0.5, 0.6) is 5.75 Å². The van der Waals surface area contributed by atoms with Crippen LogP contribution in [0.3, 0.4) is 0 Å². The topological polar surface area (TPSA) is 26.3 Å². The van der Waals surface area contributed by atoms with Crippen molar-refractivity contribution in [2.24, 2.45) is 0 Å². The summed E-state index contributed by atoms with van der Waals surface area (Å²) in [4.78, 5) is 12.5. The Kier molecular flexibility index (Phi) is 4.61. The van der Waals surface area contributed by atoms with Gasteiger partial charge < -0.3 is 4.74 Å². The van der Waals surface area contributed by atoms with Crippen LogP contribution in [0, 0.1) is 6.92 Å². The fraction of sp³-hybridized carbons (Fsp3) is 0.235. The maximum Gasteiger partial charge on any atom is 0.193 e. The van der Waals surface area contributed by atoms with Gasteiger partial charge in [-0.05, 0) is 68.8 Å². The normalized spacial score (nSPS) is 10.7. The maximum absolute atomic E-state index is 12.5. The molecule has 0 amide bonds. The molecule has 0 fully saturated rings. The van der Waals surface area contributed by atoms with Gasteiger partial charge in [0.2, 0.25) is 0 Å². The van der Waals surface area contributed by atoms with Crippen LogP contribution in [0.2, 0.25) is 0 Å². The number of ketones is 1. The number of carbonyl (C=O) groups excluding carboxylic acids is 1. The highest BCUT2D eigenvalue weighted by atomic mass is 79.9. The second-order valence-corrected chi connectivity index (χ2v) is 5.90. The first-order valence-electron chi connectivity index (χ1n) is 6.55. The number of hydrogen-bond acceptors (Lipinski definition) is 2. The molecule has 0 heterocycles. The molecule has 0 saturated carbocycles. The largest absolute Gasteiger partial charge is 0.491 e. The molecule has 2 rings (SSSR count). The molecule has 2 aromatic carbocycles. The predicted molar refractivity (Wildman–Crippen MR) is 84.5 cm³/mol. The third kappa shape index (κ3) is 3.48. The van der Waals surface area contributed by atoms with Crippen molar-refractivity contribution in [3.05, 3.63) is 63.6 Å². The zero-order valence-electron chi connectivity index (χ0n) is 11.8. The summed E-state index contributed by atoms with van der Waals surface area (Å²) in [5.41, 5.74) is 2.36. The average Bonchev–Trinajstić information content (AvgIpc) is 2.38. The van der Waals surface area contributed by atoms with E-state index in [4.69, 9.17) is 4.74 Å². The molecular formula is C17H17BrO2. The van der Waals surface area contributed by atoms with Gasteiger partial charge in [0.15, 0.2) is 5.78 Å². The molecule has 2 nitrogen and oxygen atoms in total. The molecule has 3 heteroatoms. The van der Waals surface area contributed by atoms with Crippen molar-refractivity contribution in [1.29, 1.82) is 0 Å². The molecule has 0 spiro atoms. The predicted octanol–water partition coefficient (Wildman–Crippen LogP) is 4.78. The van der Waals surface area contributed by atoms with Gasteiger partial charge in [0.1, 0.15) is 5.75 Å². The van der Waals surface area contributed by atoms with Gasteiger partial charge in [-0.2, -0.15) is 0 Å². The Morgan fingerprint density at radius 1 is 1.10 bits per heavy atom. The van der Waals surface area contributed by atoms with Gasteiger partial charge in [0.05, 0.1) is 6.10 Å². The highest BCUT2D eigenvalue weighted by Gasteiger charge is 2.12. The van der Waals surface area contributed by atoms with Crippen molar-refractivity contribution in [1.82, 2.24) is 0 Å². The lowest BCUT2D eigenvalue weighted by atomic mass is 9.99. The van der Waals surface area contributed by atoms with Crippen molar-refractivity contribution in [2.45, 2.75) is 26.9 Å². The summed E-state index contributed by atoms with van der Waals surface area (Å²) >= 11 is 3.41. The van der Waals surface area contributed by atoms with Crippen molar-refractivity contribution >= 4 is 21.7 Å². The molecule has 0 atom stereocenters. The average molecular weight is 333 g/mol. The van der Waals surface area contributed by atoms with Gasteiger partial charge in [-0.3, -0.25) is 4.79 Å². The minimum atomic E-state index is 0.0334. The molecule has 0 aliphatic rings. The second-order valence-electron chi connectivity index (χ2n) is 4.98. The van der Waals surface area contributed by atoms with E-state index in [-0.39, 0.29) is 11.9 Å². The van der Waals surface area contributed by atoms with Crippen LogP contribution in [0.1, 0.15) is 35.3 Å². The Labute approximate surface area is 127 Å². The van der Waals surface area contributed by atoms with Crippen LogP contribution in [0.25, 0.3) is 0 Å². The van der Waals surface area contributed by atoms with Crippen molar-refractivity contribution < 1.29 is 9.53 Å². The van der Waals surface area contributed by atoms with E-state index in [0.717, 1.165) is 21.3 Å². The van der Waals surface area contributed by atoms with Crippen LogP contribution in [0.4, 0.5) is 0 Å². The number of halogens is 1. The minimum absolute atomic E-state index is 0.0334. The van der Waals surface area contributed by atoms with Gasteiger partial charge >= 0.3 is 0 Å². The lowest BCUT2D eigenvalue weighted by Gasteiger charge is -2.10. The summed E-state index contributed by atoms with van der Waals surface area (Å²) in [6.07, 6.45) is 0.130. The molecule has 104 valence electrons. The lowest BCUT2D eigenvalue weighted by Crippen LogP contribution is -2.06. The Morgan fingerprint density at radius 3 is 2.30 bits per heavy atom. The zero-order valence-corrected chi connectivity index (χ0v) is 13.4. The summed E-state index contributed by atoms with van der Waals surface area (Å²) in [5, 5.41) is 0. The molecule has 0 unspecified atom stereocenters. The van der Waals surface area contributed by atoms with Crippen LogP contribution in [-0.4, -0.2) is 11.9 Å². The Morgan fingerprint density at radius 2 is 1.75 bits per heavy atom. The van der Waals surface area contributed by atoms with E-state index < -0.39 is 0 Å². The quantitative estimate of drug-likeness (QED) is 0.753. The van der Waals surface area contributed by atoms with Crippen molar-refractivity contribution in [2.75, 3.05) is 0 Å². The molecule has 0 radical (unpaired) electrons. The number of hydrogen-bond donors (Lipinski definition) is 0. The standard InChI is InChI=1S/C17H17BrO2/c1-11(2)20-15-7-4-13(5-8-15)17(19)16-9-6-14(18)10-12(16)3/h4-11H,1-3H3. The van der Waals surface area contributed by atoms with Crippen LogP contribution in [-0.2, 0) is 0 Å². The Hall–Kier alpha value is -1.61. The van der Waals surface area contributed by atoms with E-state index in [1.807, 2.05) is 63.2 Å². The van der Waals surface area contributed by atoms with Gasteiger partial charge in [-0.15, -0.1) is 0 Å². The Balaban J connectivity index is 2.25. The van der Waals surface area contributed by atoms with E-state index >= 15 is 0 Å². The number of ether oxygens (including phenoxy) is 1. The number of carbonyl (C=O) groups is 1. The first-order valence-corrected chi connectivity index (χ1v) is 7.34. The third-order valence-electron chi connectivity index (χ3n) is 2.92. The molecular weight excluding hydrogens is 316 g/mol. The first kappa shape index (κ1) is 14.8. The molecule has 0 saturated heterocycles. The van der Waals surface area contributed by atoms with Crippen molar-refractivity contribution in [3.63, 3.8) is 0 Å². The van der Waals surface area contributed by atoms with Crippen LogP contribution < -0.4 is 4.74 Å². The van der Waals surface area contributed by atoms with Gasteiger partial charge in [0, 0.05) is 15.6 Å². The van der Waals surface area contributed by atoms with E-state index in [1.165, 1.54) is 0 Å². The third-order valence-corrected chi connectivity index (χ3v) is 3.41. The molecule has 20 heavy (non-hydrogen) atoms. The summed E-state index contributed by atoms with van der Waals surface area (Å²) in [6.45, 7) is 5.89.